The molecule has 0 bridgehead atoms. The van der Waals surface area contributed by atoms with Crippen molar-refractivity contribution < 1.29 is 19.2 Å². The molecule has 3 heterocycles. The molecule has 4 rings (SSSR count). The van der Waals surface area contributed by atoms with Crippen molar-refractivity contribution in [3.05, 3.63) is 63.1 Å². The zero-order valence-electron chi connectivity index (χ0n) is 16.3. The van der Waals surface area contributed by atoms with Crippen LogP contribution in [0, 0.1) is 17.0 Å². The highest BCUT2D eigenvalue weighted by Crippen LogP contribution is 2.34. The molecule has 0 amide bonds. The number of aryl methyl sites for hydroxylation is 2. The Bertz CT molecular complexity index is 1280. The molecule has 4 aromatic rings. The smallest absolute Gasteiger partial charge is 0.344 e. The van der Waals surface area contributed by atoms with Crippen molar-refractivity contribution in [2.75, 3.05) is 7.11 Å². The van der Waals surface area contributed by atoms with Gasteiger partial charge in [0.05, 0.1) is 45.3 Å². The molecule has 0 aliphatic carbocycles. The summed E-state index contributed by atoms with van der Waals surface area (Å²) < 4.78 is 12.1. The predicted octanol–water partition coefficient (Wildman–Crippen LogP) is 4.14. The molecule has 0 aliphatic heterocycles. The maximum atomic E-state index is 13.1. The molecular weight excluding hydrogens is 408 g/mol. The van der Waals surface area contributed by atoms with Gasteiger partial charge in [-0.05, 0) is 36.6 Å². The number of benzene rings is 1. The summed E-state index contributed by atoms with van der Waals surface area (Å²) in [5.41, 5.74) is 1.59. The van der Waals surface area contributed by atoms with E-state index in [9.17, 15) is 14.9 Å². The number of carbonyl (C=O) groups is 1. The minimum Gasteiger partial charge on any atom is -0.496 e. The van der Waals surface area contributed by atoms with Gasteiger partial charge in [-0.25, -0.2) is 9.78 Å². The Balaban J connectivity index is 1.83. The average molecular weight is 424 g/mol. The van der Waals surface area contributed by atoms with Crippen molar-refractivity contribution in [2.24, 2.45) is 7.05 Å². The minimum atomic E-state index is -0.732. The summed E-state index contributed by atoms with van der Waals surface area (Å²) in [7, 11) is 3.14. The summed E-state index contributed by atoms with van der Waals surface area (Å²) >= 11 is 1.48. The Labute approximate surface area is 174 Å². The van der Waals surface area contributed by atoms with Crippen molar-refractivity contribution in [1.29, 1.82) is 0 Å². The zero-order chi connectivity index (χ0) is 21.4. The number of pyridine rings is 1. The van der Waals surface area contributed by atoms with E-state index in [0.29, 0.717) is 22.4 Å². The Kier molecular flexibility index (Phi) is 4.92. The third-order valence-corrected chi connectivity index (χ3v) is 5.42. The van der Waals surface area contributed by atoms with Gasteiger partial charge in [0.2, 0.25) is 5.75 Å². The summed E-state index contributed by atoms with van der Waals surface area (Å²) in [6.45, 7) is 1.77. The maximum Gasteiger partial charge on any atom is 0.344 e. The summed E-state index contributed by atoms with van der Waals surface area (Å²) in [6.07, 6.45) is 0. The van der Waals surface area contributed by atoms with Crippen LogP contribution in [0.5, 0.6) is 11.5 Å². The van der Waals surface area contributed by atoms with Crippen LogP contribution in [0.15, 0.2) is 41.8 Å². The number of methoxy groups -OCH3 is 1. The zero-order valence-corrected chi connectivity index (χ0v) is 17.1. The van der Waals surface area contributed by atoms with Gasteiger partial charge in [0, 0.05) is 7.05 Å². The number of carbonyl (C=O) groups excluding carboxylic acids is 1. The lowest BCUT2D eigenvalue weighted by Gasteiger charge is -2.09. The summed E-state index contributed by atoms with van der Waals surface area (Å²) in [4.78, 5) is 29.4. The molecule has 0 aliphatic rings. The first-order chi connectivity index (χ1) is 14.4. The maximum absolute atomic E-state index is 13.1. The van der Waals surface area contributed by atoms with Gasteiger partial charge >= 0.3 is 11.7 Å². The van der Waals surface area contributed by atoms with Gasteiger partial charge in [-0.15, -0.1) is 11.3 Å². The molecule has 0 radical (unpaired) electrons. The fraction of sp³-hybridized carbons (Fsp3) is 0.150. The van der Waals surface area contributed by atoms with E-state index in [1.165, 1.54) is 36.6 Å². The second-order valence-corrected chi connectivity index (χ2v) is 7.37. The third-order valence-electron chi connectivity index (χ3n) is 4.53. The van der Waals surface area contributed by atoms with Crippen molar-refractivity contribution in [2.45, 2.75) is 6.92 Å². The van der Waals surface area contributed by atoms with E-state index in [-0.39, 0.29) is 22.7 Å². The SMILES string of the molecule is COc1ccc(OC(=O)c2cc(-c3cccs3)nc3c2c(C)nn3C)c([N+](=O)[O-])c1. The van der Waals surface area contributed by atoms with Crippen molar-refractivity contribution in [3.63, 3.8) is 0 Å². The number of nitro groups is 1. The van der Waals surface area contributed by atoms with Crippen molar-refractivity contribution >= 4 is 34.0 Å². The van der Waals surface area contributed by atoms with Crippen LogP contribution in [0.3, 0.4) is 0 Å². The fourth-order valence-corrected chi connectivity index (χ4v) is 3.85. The Hall–Kier alpha value is -3.79. The molecule has 0 fully saturated rings. The van der Waals surface area contributed by atoms with Crippen LogP contribution in [0.2, 0.25) is 0 Å². The molecule has 3 aromatic heterocycles. The Morgan fingerprint density at radius 1 is 1.27 bits per heavy atom. The van der Waals surface area contributed by atoms with Gasteiger partial charge in [-0.3, -0.25) is 14.8 Å². The van der Waals surface area contributed by atoms with E-state index >= 15 is 0 Å². The van der Waals surface area contributed by atoms with Gasteiger partial charge in [-0.2, -0.15) is 5.10 Å². The lowest BCUT2D eigenvalue weighted by atomic mass is 10.1. The molecule has 0 saturated carbocycles. The van der Waals surface area contributed by atoms with Gasteiger partial charge in [0.25, 0.3) is 0 Å². The molecule has 0 unspecified atom stereocenters. The summed E-state index contributed by atoms with van der Waals surface area (Å²) in [6, 6.07) is 9.44. The first-order valence-electron chi connectivity index (χ1n) is 8.82. The first kappa shape index (κ1) is 19.5. The van der Waals surface area contributed by atoms with Crippen molar-refractivity contribution in [1.82, 2.24) is 14.8 Å². The minimum absolute atomic E-state index is 0.171. The Morgan fingerprint density at radius 2 is 2.07 bits per heavy atom. The summed E-state index contributed by atoms with van der Waals surface area (Å²) in [5.74, 6) is -0.615. The second-order valence-electron chi connectivity index (χ2n) is 6.42. The van der Waals surface area contributed by atoms with Gasteiger partial charge in [-0.1, -0.05) is 6.07 Å². The van der Waals surface area contributed by atoms with Crippen LogP contribution < -0.4 is 9.47 Å². The normalized spacial score (nSPS) is 10.9. The van der Waals surface area contributed by atoms with E-state index in [1.54, 1.807) is 24.7 Å². The number of ether oxygens (including phenoxy) is 2. The molecular formula is C20H16N4O5S. The molecule has 152 valence electrons. The second kappa shape index (κ2) is 7.56. The highest BCUT2D eigenvalue weighted by molar-refractivity contribution is 7.13. The van der Waals surface area contributed by atoms with Crippen LogP contribution in [0.1, 0.15) is 16.1 Å². The Morgan fingerprint density at radius 3 is 2.73 bits per heavy atom. The van der Waals surface area contributed by atoms with E-state index in [4.69, 9.17) is 9.47 Å². The molecule has 0 N–H and O–H groups in total. The van der Waals surface area contributed by atoms with Crippen LogP contribution in [-0.4, -0.2) is 32.8 Å². The molecule has 30 heavy (non-hydrogen) atoms. The largest absolute Gasteiger partial charge is 0.496 e. The molecule has 1 aromatic carbocycles. The van der Waals surface area contributed by atoms with E-state index in [0.717, 1.165) is 4.88 Å². The van der Waals surface area contributed by atoms with Gasteiger partial charge < -0.3 is 9.47 Å². The van der Waals surface area contributed by atoms with Crippen LogP contribution in [0.25, 0.3) is 21.6 Å². The van der Waals surface area contributed by atoms with Crippen LogP contribution >= 0.6 is 11.3 Å². The van der Waals surface area contributed by atoms with Crippen molar-refractivity contribution in [3.8, 4) is 22.1 Å². The standard InChI is InChI=1S/C20H16N4O5S/c1-11-18-13(10-14(17-5-4-8-30-17)21-19(18)23(2)22-11)20(25)29-16-7-6-12(28-3)9-15(16)24(26)27/h4-10H,1-3H3. The van der Waals surface area contributed by atoms with Gasteiger partial charge in [0.15, 0.2) is 5.65 Å². The fourth-order valence-electron chi connectivity index (χ4n) is 3.16. The van der Waals surface area contributed by atoms with Crippen LogP contribution in [-0.2, 0) is 7.05 Å². The predicted molar refractivity (Wildman–Crippen MR) is 111 cm³/mol. The number of hydrogen-bond donors (Lipinski definition) is 0. The number of thiophene rings is 1. The quantitative estimate of drug-likeness (QED) is 0.205. The lowest BCUT2D eigenvalue weighted by Crippen LogP contribution is -2.11. The molecule has 9 nitrogen and oxygen atoms in total. The number of nitro benzene ring substituents is 1. The average Bonchev–Trinajstić information content (AvgIpc) is 3.36. The monoisotopic (exact) mass is 424 g/mol. The highest BCUT2D eigenvalue weighted by atomic mass is 32.1. The molecule has 0 spiro atoms. The van der Waals surface area contributed by atoms with E-state index in [2.05, 4.69) is 10.1 Å². The highest BCUT2D eigenvalue weighted by Gasteiger charge is 2.24. The number of nitrogens with zero attached hydrogens (tertiary/aromatic N) is 4. The van der Waals surface area contributed by atoms with Gasteiger partial charge in [0.1, 0.15) is 5.75 Å². The topological polar surface area (TPSA) is 109 Å². The lowest BCUT2D eigenvalue weighted by molar-refractivity contribution is -0.385. The number of esters is 1. The van der Waals surface area contributed by atoms with Crippen LogP contribution in [0.4, 0.5) is 5.69 Å². The molecule has 0 atom stereocenters. The summed E-state index contributed by atoms with van der Waals surface area (Å²) in [5, 5.41) is 18.2. The number of hydrogen-bond acceptors (Lipinski definition) is 8. The number of rotatable bonds is 5. The van der Waals surface area contributed by atoms with E-state index < -0.39 is 10.9 Å². The number of aromatic nitrogens is 3. The third kappa shape index (κ3) is 3.37. The molecule has 10 heteroatoms. The van der Waals surface area contributed by atoms with E-state index in [1.807, 2.05) is 17.5 Å². The number of fused-ring (bicyclic) bond motifs is 1. The first-order valence-corrected chi connectivity index (χ1v) is 9.70. The molecule has 0 saturated heterocycles.